The molecule has 0 aliphatic carbocycles. The van der Waals surface area contributed by atoms with Crippen molar-refractivity contribution >= 4 is 21.7 Å². The Hall–Kier alpha value is -3.90. The van der Waals surface area contributed by atoms with Crippen molar-refractivity contribution in [2.45, 2.75) is 4.90 Å². The number of carbonyl (C=O) groups is 1. The number of benzene rings is 3. The molecule has 0 heterocycles. The summed E-state index contributed by atoms with van der Waals surface area (Å²) in [6, 6.07) is 14.9. The Balaban J connectivity index is 2.09. The third-order valence-electron chi connectivity index (χ3n) is 4.28. The minimum absolute atomic E-state index is 0.0465. The van der Waals surface area contributed by atoms with E-state index in [9.17, 15) is 22.7 Å². The van der Waals surface area contributed by atoms with Crippen LogP contribution in [0, 0.1) is 17.1 Å². The fourth-order valence-corrected chi connectivity index (χ4v) is 3.82. The third-order valence-corrected chi connectivity index (χ3v) is 5.66. The predicted octanol–water partition coefficient (Wildman–Crippen LogP) is 3.87. The summed E-state index contributed by atoms with van der Waals surface area (Å²) in [5, 5.41) is 18.2. The SMILES string of the molecule is COc1ccc(S(=O)(=O)Nc2cc(C(=O)O)ccc2-c2ccc(C#N)c(F)c2)cc1. The summed E-state index contributed by atoms with van der Waals surface area (Å²) in [5.41, 5.74) is 0.160. The number of rotatable bonds is 6. The lowest BCUT2D eigenvalue weighted by atomic mass is 10.0. The maximum Gasteiger partial charge on any atom is 0.335 e. The van der Waals surface area contributed by atoms with Crippen LogP contribution < -0.4 is 9.46 Å². The molecule has 0 unspecified atom stereocenters. The molecule has 0 amide bonds. The largest absolute Gasteiger partial charge is 0.497 e. The second-order valence-corrected chi connectivity index (χ2v) is 7.84. The van der Waals surface area contributed by atoms with E-state index in [4.69, 9.17) is 10.00 Å². The van der Waals surface area contributed by atoms with Crippen LogP contribution in [-0.4, -0.2) is 26.6 Å². The van der Waals surface area contributed by atoms with Crippen molar-refractivity contribution < 1.29 is 27.4 Å². The van der Waals surface area contributed by atoms with Crippen molar-refractivity contribution in [3.63, 3.8) is 0 Å². The van der Waals surface area contributed by atoms with E-state index < -0.39 is 21.8 Å². The first kappa shape index (κ1) is 20.8. The highest BCUT2D eigenvalue weighted by Gasteiger charge is 2.19. The number of aromatic carboxylic acids is 1. The zero-order valence-electron chi connectivity index (χ0n) is 15.6. The Bertz CT molecular complexity index is 1270. The molecule has 0 aliphatic rings. The van der Waals surface area contributed by atoms with E-state index >= 15 is 0 Å². The van der Waals surface area contributed by atoms with Gasteiger partial charge >= 0.3 is 5.97 Å². The highest BCUT2D eigenvalue weighted by Crippen LogP contribution is 2.32. The van der Waals surface area contributed by atoms with Crippen LogP contribution in [0.1, 0.15) is 15.9 Å². The van der Waals surface area contributed by atoms with Gasteiger partial charge in [0.15, 0.2) is 0 Å². The van der Waals surface area contributed by atoms with Crippen LogP contribution in [0.25, 0.3) is 11.1 Å². The van der Waals surface area contributed by atoms with Gasteiger partial charge in [-0.2, -0.15) is 5.26 Å². The molecule has 30 heavy (non-hydrogen) atoms. The molecule has 3 rings (SSSR count). The van der Waals surface area contributed by atoms with Crippen LogP contribution in [-0.2, 0) is 10.0 Å². The molecule has 2 N–H and O–H groups in total. The van der Waals surface area contributed by atoms with Crippen molar-refractivity contribution in [3.05, 3.63) is 77.6 Å². The normalized spacial score (nSPS) is 10.8. The predicted molar refractivity (Wildman–Crippen MR) is 107 cm³/mol. The number of carboxylic acids is 1. The zero-order valence-corrected chi connectivity index (χ0v) is 16.4. The minimum atomic E-state index is -4.08. The molecule has 0 fully saturated rings. The van der Waals surface area contributed by atoms with Crippen LogP contribution in [0.5, 0.6) is 5.75 Å². The van der Waals surface area contributed by atoms with E-state index in [-0.39, 0.29) is 32.8 Å². The first-order valence-electron chi connectivity index (χ1n) is 8.49. The average molecular weight is 426 g/mol. The molecule has 0 bridgehead atoms. The summed E-state index contributed by atoms with van der Waals surface area (Å²) in [7, 11) is -2.63. The third kappa shape index (κ3) is 4.24. The molecule has 0 aromatic heterocycles. The molecule has 0 saturated carbocycles. The lowest BCUT2D eigenvalue weighted by Gasteiger charge is -2.14. The molecule has 9 heteroatoms. The van der Waals surface area contributed by atoms with Gasteiger partial charge < -0.3 is 9.84 Å². The second-order valence-electron chi connectivity index (χ2n) is 6.15. The number of nitriles is 1. The topological polar surface area (TPSA) is 116 Å². The summed E-state index contributed by atoms with van der Waals surface area (Å²) < 4.78 is 47.1. The molecule has 0 atom stereocenters. The average Bonchev–Trinajstić information content (AvgIpc) is 2.73. The molecule has 7 nitrogen and oxygen atoms in total. The standard InChI is InChI=1S/C21H15FN2O5S/c1-29-16-5-7-17(8-6-16)30(27,28)24-20-11-14(21(25)26)4-9-18(20)13-2-3-15(12-23)19(22)10-13/h2-11,24H,1H3,(H,25,26). The monoisotopic (exact) mass is 426 g/mol. The van der Waals surface area contributed by atoms with Gasteiger partial charge in [0.05, 0.1) is 28.8 Å². The fourth-order valence-electron chi connectivity index (χ4n) is 2.75. The number of methoxy groups -OCH3 is 1. The van der Waals surface area contributed by atoms with Crippen molar-refractivity contribution in [1.29, 1.82) is 5.26 Å². The first-order valence-corrected chi connectivity index (χ1v) is 9.97. The van der Waals surface area contributed by atoms with Crippen LogP contribution in [0.4, 0.5) is 10.1 Å². The number of halogens is 1. The van der Waals surface area contributed by atoms with Crippen molar-refractivity contribution in [2.75, 3.05) is 11.8 Å². The lowest BCUT2D eigenvalue weighted by molar-refractivity contribution is 0.0697. The highest BCUT2D eigenvalue weighted by atomic mass is 32.2. The van der Waals surface area contributed by atoms with Crippen molar-refractivity contribution in [1.82, 2.24) is 0 Å². The number of nitrogens with zero attached hydrogens (tertiary/aromatic N) is 1. The molecule has 3 aromatic rings. The maximum atomic E-state index is 14.1. The van der Waals surface area contributed by atoms with Gasteiger partial charge in [-0.25, -0.2) is 17.6 Å². The van der Waals surface area contributed by atoms with E-state index in [0.29, 0.717) is 5.75 Å². The summed E-state index contributed by atoms with van der Waals surface area (Å²) in [6.07, 6.45) is 0. The second kappa shape index (κ2) is 8.23. The smallest absolute Gasteiger partial charge is 0.335 e. The molecule has 0 spiro atoms. The number of hydrogen-bond donors (Lipinski definition) is 2. The Labute approximate surface area is 172 Å². The van der Waals surface area contributed by atoms with E-state index in [1.165, 1.54) is 55.6 Å². The summed E-state index contributed by atoms with van der Waals surface area (Å²) in [6.45, 7) is 0. The number of carboxylic acid groups (broad SMARTS) is 1. The Morgan fingerprint density at radius 1 is 1.10 bits per heavy atom. The van der Waals surface area contributed by atoms with Gasteiger partial charge in [-0.1, -0.05) is 12.1 Å². The first-order chi connectivity index (χ1) is 14.2. The van der Waals surface area contributed by atoms with E-state index in [0.717, 1.165) is 12.1 Å². The van der Waals surface area contributed by atoms with Gasteiger partial charge in [-0.15, -0.1) is 0 Å². The van der Waals surface area contributed by atoms with Crippen molar-refractivity contribution in [2.24, 2.45) is 0 Å². The van der Waals surface area contributed by atoms with Gasteiger partial charge in [0, 0.05) is 5.56 Å². The van der Waals surface area contributed by atoms with E-state index in [2.05, 4.69) is 4.72 Å². The highest BCUT2D eigenvalue weighted by molar-refractivity contribution is 7.92. The van der Waals surface area contributed by atoms with E-state index in [1.54, 1.807) is 6.07 Å². The molecular formula is C21H15FN2O5S. The molecule has 152 valence electrons. The molecule has 0 saturated heterocycles. The number of nitrogens with one attached hydrogen (secondary N) is 1. The summed E-state index contributed by atoms with van der Waals surface area (Å²) in [4.78, 5) is 11.3. The molecular weight excluding hydrogens is 411 g/mol. The van der Waals surface area contributed by atoms with Crippen molar-refractivity contribution in [3.8, 4) is 22.9 Å². The van der Waals surface area contributed by atoms with E-state index in [1.807, 2.05) is 0 Å². The van der Waals surface area contributed by atoms with Gasteiger partial charge in [0.25, 0.3) is 10.0 Å². The van der Waals surface area contributed by atoms with Gasteiger partial charge in [-0.05, 0) is 54.1 Å². The molecule has 3 aromatic carbocycles. The number of anilines is 1. The van der Waals surface area contributed by atoms with Crippen LogP contribution in [0.15, 0.2) is 65.6 Å². The van der Waals surface area contributed by atoms with Gasteiger partial charge in [0.2, 0.25) is 0 Å². The van der Waals surface area contributed by atoms with Crippen LogP contribution in [0.3, 0.4) is 0 Å². The van der Waals surface area contributed by atoms with Gasteiger partial charge in [0.1, 0.15) is 17.6 Å². The molecule has 0 aliphatic heterocycles. The summed E-state index contributed by atoms with van der Waals surface area (Å²) >= 11 is 0. The maximum absolute atomic E-state index is 14.1. The minimum Gasteiger partial charge on any atom is -0.497 e. The Morgan fingerprint density at radius 3 is 2.37 bits per heavy atom. The van der Waals surface area contributed by atoms with Crippen LogP contribution >= 0.6 is 0 Å². The Kier molecular flexibility index (Phi) is 5.71. The number of hydrogen-bond acceptors (Lipinski definition) is 5. The van der Waals surface area contributed by atoms with Crippen LogP contribution in [0.2, 0.25) is 0 Å². The zero-order chi connectivity index (χ0) is 21.9. The lowest BCUT2D eigenvalue weighted by Crippen LogP contribution is -2.14. The Morgan fingerprint density at radius 2 is 1.80 bits per heavy atom. The quantitative estimate of drug-likeness (QED) is 0.618. The fraction of sp³-hybridized carbons (Fsp3) is 0.0476. The molecule has 0 radical (unpaired) electrons. The number of ether oxygens (including phenoxy) is 1. The summed E-state index contributed by atoms with van der Waals surface area (Å²) in [5.74, 6) is -1.56. The van der Waals surface area contributed by atoms with Gasteiger partial charge in [-0.3, -0.25) is 4.72 Å². The number of sulfonamides is 1.